The number of amides is 2. The SMILES string of the molecule is COc1ccc(N2CC(C(=O)OC(C)(C)C)N(C)C2=O)cn1. The Morgan fingerprint density at radius 2 is 2.05 bits per heavy atom. The second-order valence-electron chi connectivity index (χ2n) is 6.11. The number of carbonyl (C=O) groups excluding carboxylic acids is 2. The van der Waals surface area contributed by atoms with Crippen LogP contribution >= 0.6 is 0 Å². The molecule has 1 aliphatic rings. The molecule has 0 radical (unpaired) electrons. The van der Waals surface area contributed by atoms with Gasteiger partial charge in [-0.05, 0) is 26.8 Å². The third kappa shape index (κ3) is 3.29. The van der Waals surface area contributed by atoms with Gasteiger partial charge in [-0.3, -0.25) is 4.90 Å². The number of hydrogen-bond donors (Lipinski definition) is 0. The highest BCUT2D eigenvalue weighted by Crippen LogP contribution is 2.25. The summed E-state index contributed by atoms with van der Waals surface area (Å²) in [7, 11) is 3.11. The van der Waals surface area contributed by atoms with Crippen LogP contribution in [-0.4, -0.2) is 54.2 Å². The summed E-state index contributed by atoms with van der Waals surface area (Å²) < 4.78 is 10.4. The first-order valence-corrected chi connectivity index (χ1v) is 7.00. The van der Waals surface area contributed by atoms with Crippen LogP contribution in [-0.2, 0) is 9.53 Å². The maximum Gasteiger partial charge on any atom is 0.331 e. The summed E-state index contributed by atoms with van der Waals surface area (Å²) >= 11 is 0. The van der Waals surface area contributed by atoms with Gasteiger partial charge >= 0.3 is 12.0 Å². The van der Waals surface area contributed by atoms with Crippen LogP contribution in [0.1, 0.15) is 20.8 Å². The van der Waals surface area contributed by atoms with E-state index >= 15 is 0 Å². The van der Waals surface area contributed by atoms with E-state index < -0.39 is 17.6 Å². The lowest BCUT2D eigenvalue weighted by Gasteiger charge is -2.24. The molecule has 1 aromatic rings. The van der Waals surface area contributed by atoms with Gasteiger partial charge in [0.05, 0.1) is 25.5 Å². The number of esters is 1. The molecular formula is C15H21N3O4. The van der Waals surface area contributed by atoms with Crippen molar-refractivity contribution < 1.29 is 19.1 Å². The monoisotopic (exact) mass is 307 g/mol. The summed E-state index contributed by atoms with van der Waals surface area (Å²) in [6.45, 7) is 5.63. The van der Waals surface area contributed by atoms with Gasteiger partial charge in [0.1, 0.15) is 11.6 Å². The van der Waals surface area contributed by atoms with E-state index in [1.165, 1.54) is 16.9 Å². The first-order chi connectivity index (χ1) is 10.2. The third-order valence-corrected chi connectivity index (χ3v) is 3.28. The Morgan fingerprint density at radius 3 is 2.55 bits per heavy atom. The Hall–Kier alpha value is -2.31. The molecule has 0 saturated carbocycles. The van der Waals surface area contributed by atoms with Gasteiger partial charge in [-0.1, -0.05) is 0 Å². The first kappa shape index (κ1) is 16.1. The van der Waals surface area contributed by atoms with Crippen LogP contribution in [0.5, 0.6) is 5.88 Å². The molecule has 0 spiro atoms. The lowest BCUT2D eigenvalue weighted by molar-refractivity contribution is -0.158. The molecule has 120 valence electrons. The Bertz CT molecular complexity index is 565. The molecule has 2 rings (SSSR count). The van der Waals surface area contributed by atoms with Crippen molar-refractivity contribution >= 4 is 17.7 Å². The summed E-state index contributed by atoms with van der Waals surface area (Å²) in [5, 5.41) is 0. The van der Waals surface area contributed by atoms with E-state index in [0.29, 0.717) is 11.6 Å². The van der Waals surface area contributed by atoms with Gasteiger partial charge in [0.25, 0.3) is 0 Å². The summed E-state index contributed by atoms with van der Waals surface area (Å²) in [4.78, 5) is 31.5. The molecule has 1 fully saturated rings. The normalized spacial score (nSPS) is 18.6. The molecular weight excluding hydrogens is 286 g/mol. The van der Waals surface area contributed by atoms with Gasteiger partial charge < -0.3 is 14.4 Å². The Morgan fingerprint density at radius 1 is 1.36 bits per heavy atom. The van der Waals surface area contributed by atoms with E-state index in [4.69, 9.17) is 9.47 Å². The highest BCUT2D eigenvalue weighted by atomic mass is 16.6. The molecule has 2 heterocycles. The molecule has 0 N–H and O–H groups in total. The van der Waals surface area contributed by atoms with E-state index in [0.717, 1.165) is 0 Å². The number of methoxy groups -OCH3 is 1. The number of urea groups is 1. The molecule has 1 saturated heterocycles. The molecule has 2 amide bonds. The van der Waals surface area contributed by atoms with E-state index in [1.807, 2.05) is 0 Å². The number of anilines is 1. The van der Waals surface area contributed by atoms with E-state index in [9.17, 15) is 9.59 Å². The van der Waals surface area contributed by atoms with E-state index in [-0.39, 0.29) is 12.6 Å². The topological polar surface area (TPSA) is 72.0 Å². The van der Waals surface area contributed by atoms with Crippen LogP contribution in [0.4, 0.5) is 10.5 Å². The van der Waals surface area contributed by atoms with Crippen molar-refractivity contribution in [1.29, 1.82) is 0 Å². The second kappa shape index (κ2) is 5.82. The quantitative estimate of drug-likeness (QED) is 0.794. The molecule has 0 bridgehead atoms. The van der Waals surface area contributed by atoms with Crippen molar-refractivity contribution in [2.45, 2.75) is 32.4 Å². The fourth-order valence-corrected chi connectivity index (χ4v) is 2.17. The second-order valence-corrected chi connectivity index (χ2v) is 6.11. The van der Waals surface area contributed by atoms with Crippen molar-refractivity contribution in [3.8, 4) is 5.88 Å². The minimum Gasteiger partial charge on any atom is -0.481 e. The van der Waals surface area contributed by atoms with Crippen molar-refractivity contribution in [1.82, 2.24) is 9.88 Å². The number of nitrogens with zero attached hydrogens (tertiary/aromatic N) is 3. The molecule has 1 aromatic heterocycles. The fourth-order valence-electron chi connectivity index (χ4n) is 2.17. The summed E-state index contributed by atoms with van der Waals surface area (Å²) in [6.07, 6.45) is 1.54. The summed E-state index contributed by atoms with van der Waals surface area (Å²) in [5.41, 5.74) is 0.0273. The van der Waals surface area contributed by atoms with Crippen molar-refractivity contribution in [3.63, 3.8) is 0 Å². The van der Waals surface area contributed by atoms with Crippen LogP contribution in [0.15, 0.2) is 18.3 Å². The maximum absolute atomic E-state index is 12.3. The number of pyridine rings is 1. The number of rotatable bonds is 3. The molecule has 22 heavy (non-hydrogen) atoms. The lowest BCUT2D eigenvalue weighted by Crippen LogP contribution is -2.40. The van der Waals surface area contributed by atoms with Crippen LogP contribution in [0.3, 0.4) is 0 Å². The Kier molecular flexibility index (Phi) is 4.25. The standard InChI is InChI=1S/C15H21N3O4/c1-15(2,3)22-13(19)11-9-18(14(20)17(11)4)10-6-7-12(21-5)16-8-10/h6-8,11H,9H2,1-5H3. The van der Waals surface area contributed by atoms with Gasteiger partial charge in [-0.15, -0.1) is 0 Å². The molecule has 1 unspecified atom stereocenters. The van der Waals surface area contributed by atoms with Gasteiger partial charge in [0.2, 0.25) is 5.88 Å². The van der Waals surface area contributed by atoms with Gasteiger partial charge in [0, 0.05) is 13.1 Å². The number of aromatic nitrogens is 1. The number of ether oxygens (including phenoxy) is 2. The zero-order valence-corrected chi connectivity index (χ0v) is 13.5. The summed E-state index contributed by atoms with van der Waals surface area (Å²) in [6, 6.07) is 2.51. The average molecular weight is 307 g/mol. The van der Waals surface area contributed by atoms with Gasteiger partial charge in [-0.2, -0.15) is 0 Å². The average Bonchev–Trinajstić information content (AvgIpc) is 2.74. The minimum atomic E-state index is -0.631. The van der Waals surface area contributed by atoms with E-state index in [2.05, 4.69) is 4.98 Å². The molecule has 7 nitrogen and oxygen atoms in total. The van der Waals surface area contributed by atoms with Crippen LogP contribution in [0, 0.1) is 0 Å². The largest absolute Gasteiger partial charge is 0.481 e. The smallest absolute Gasteiger partial charge is 0.331 e. The number of carbonyl (C=O) groups is 2. The molecule has 7 heteroatoms. The fraction of sp³-hybridized carbons (Fsp3) is 0.533. The van der Waals surface area contributed by atoms with E-state index in [1.54, 1.807) is 46.1 Å². The zero-order valence-electron chi connectivity index (χ0n) is 13.5. The first-order valence-electron chi connectivity index (χ1n) is 7.00. The molecule has 0 aromatic carbocycles. The van der Waals surface area contributed by atoms with Crippen LogP contribution in [0.2, 0.25) is 0 Å². The van der Waals surface area contributed by atoms with Crippen LogP contribution < -0.4 is 9.64 Å². The molecule has 0 aliphatic carbocycles. The Balaban J connectivity index is 2.15. The van der Waals surface area contributed by atoms with Crippen molar-refractivity contribution in [3.05, 3.63) is 18.3 Å². The third-order valence-electron chi connectivity index (χ3n) is 3.28. The van der Waals surface area contributed by atoms with Crippen molar-refractivity contribution in [2.24, 2.45) is 0 Å². The number of likely N-dealkylation sites (N-methyl/N-ethyl adjacent to an activating group) is 1. The predicted octanol–water partition coefficient (Wildman–Crippen LogP) is 1.67. The number of hydrogen-bond acceptors (Lipinski definition) is 5. The van der Waals surface area contributed by atoms with Gasteiger partial charge in [0.15, 0.2) is 0 Å². The maximum atomic E-state index is 12.3. The molecule has 1 atom stereocenters. The van der Waals surface area contributed by atoms with Gasteiger partial charge in [-0.25, -0.2) is 14.6 Å². The summed E-state index contributed by atoms with van der Waals surface area (Å²) in [5.74, 6) is 0.0553. The van der Waals surface area contributed by atoms with Crippen LogP contribution in [0.25, 0.3) is 0 Å². The minimum absolute atomic E-state index is 0.234. The van der Waals surface area contributed by atoms with Crippen molar-refractivity contribution in [2.75, 3.05) is 25.6 Å². The zero-order chi connectivity index (χ0) is 16.5. The predicted molar refractivity (Wildman–Crippen MR) is 80.9 cm³/mol. The lowest BCUT2D eigenvalue weighted by atomic mass is 10.2. The highest BCUT2D eigenvalue weighted by molar-refractivity contribution is 5.99. The molecule has 1 aliphatic heterocycles. The Labute approximate surface area is 129 Å². The highest BCUT2D eigenvalue weighted by Gasteiger charge is 2.41.